The molecule has 0 amide bonds. The summed E-state index contributed by atoms with van der Waals surface area (Å²) in [5.41, 5.74) is 2.78. The van der Waals surface area contributed by atoms with Crippen molar-refractivity contribution in [3.8, 4) is 0 Å². The van der Waals surface area contributed by atoms with Gasteiger partial charge in [0.2, 0.25) is 0 Å². The summed E-state index contributed by atoms with van der Waals surface area (Å²) >= 11 is 2.65. The zero-order valence-electron chi connectivity index (χ0n) is 18.3. The van der Waals surface area contributed by atoms with Gasteiger partial charge in [-0.1, -0.05) is 22.7 Å². The number of carbonyl (C=O) groups is 2. The van der Waals surface area contributed by atoms with Crippen LogP contribution in [0.2, 0.25) is 0 Å². The van der Waals surface area contributed by atoms with Crippen molar-refractivity contribution in [3.63, 3.8) is 0 Å². The normalized spacial score (nSPS) is 11.2. The van der Waals surface area contributed by atoms with Crippen LogP contribution < -0.4 is 9.60 Å². The number of rotatable bonds is 8. The molecular formula is C23H24N4O4S2. The van der Waals surface area contributed by atoms with Gasteiger partial charge in [0.1, 0.15) is 0 Å². The van der Waals surface area contributed by atoms with Crippen LogP contribution >= 0.6 is 22.7 Å². The lowest BCUT2D eigenvalue weighted by Gasteiger charge is -2.08. The molecule has 2 N–H and O–H groups in total. The number of hydrogen-bond acceptors (Lipinski definition) is 8. The first-order chi connectivity index (χ1) is 15.9. The first kappa shape index (κ1) is 22.9. The van der Waals surface area contributed by atoms with Crippen LogP contribution in [0.4, 0.5) is 0 Å². The standard InChI is InChI=1S/C23H24N4O4S2/c1-3-30-20(28)14-6-8-16-18(12-14)32-22(24)26(16)10-5-11-27-17-9-7-15(21(29)31-4-2)13-19(17)33-23(27)25/h6-9,12-13,24-25H,3-5,10-11H2,1-2H3. The molecule has 4 rings (SSSR count). The van der Waals surface area contributed by atoms with Crippen molar-refractivity contribution < 1.29 is 19.1 Å². The monoisotopic (exact) mass is 484 g/mol. The molecule has 2 aromatic heterocycles. The number of benzene rings is 2. The van der Waals surface area contributed by atoms with E-state index < -0.39 is 0 Å². The van der Waals surface area contributed by atoms with Gasteiger partial charge < -0.3 is 18.6 Å². The average Bonchev–Trinajstić information content (AvgIpc) is 3.28. The van der Waals surface area contributed by atoms with E-state index in [1.165, 1.54) is 22.7 Å². The molecule has 0 spiro atoms. The van der Waals surface area contributed by atoms with Crippen LogP contribution in [0.5, 0.6) is 0 Å². The first-order valence-electron chi connectivity index (χ1n) is 10.6. The minimum Gasteiger partial charge on any atom is -0.462 e. The molecule has 4 aromatic rings. The fraction of sp³-hybridized carbons (Fsp3) is 0.304. The minimum atomic E-state index is -0.360. The lowest BCUT2D eigenvalue weighted by Crippen LogP contribution is -2.18. The van der Waals surface area contributed by atoms with Gasteiger partial charge in [-0.2, -0.15) is 0 Å². The van der Waals surface area contributed by atoms with Gasteiger partial charge in [-0.3, -0.25) is 10.8 Å². The van der Waals surface area contributed by atoms with Gasteiger partial charge in [0.15, 0.2) is 9.60 Å². The molecule has 10 heteroatoms. The largest absolute Gasteiger partial charge is 0.462 e. The Balaban J connectivity index is 1.52. The second-order valence-corrected chi connectivity index (χ2v) is 9.34. The van der Waals surface area contributed by atoms with E-state index in [0.29, 0.717) is 47.0 Å². The molecule has 172 valence electrons. The highest BCUT2D eigenvalue weighted by Crippen LogP contribution is 2.22. The summed E-state index contributed by atoms with van der Waals surface area (Å²) in [6, 6.07) is 10.7. The molecule has 0 radical (unpaired) electrons. The second-order valence-electron chi connectivity index (χ2n) is 7.28. The van der Waals surface area contributed by atoms with Crippen molar-refractivity contribution in [2.75, 3.05) is 13.2 Å². The van der Waals surface area contributed by atoms with Gasteiger partial charge in [0.25, 0.3) is 0 Å². The number of aryl methyl sites for hydroxylation is 2. The van der Waals surface area contributed by atoms with E-state index in [1.54, 1.807) is 38.1 Å². The van der Waals surface area contributed by atoms with Gasteiger partial charge in [-0.15, -0.1) is 0 Å². The molecule has 0 atom stereocenters. The van der Waals surface area contributed by atoms with Crippen LogP contribution in [0, 0.1) is 10.8 Å². The zero-order valence-corrected chi connectivity index (χ0v) is 20.0. The van der Waals surface area contributed by atoms with Gasteiger partial charge >= 0.3 is 11.9 Å². The molecule has 8 nitrogen and oxygen atoms in total. The summed E-state index contributed by atoms with van der Waals surface area (Å²) in [6.07, 6.45) is 0.726. The van der Waals surface area contributed by atoms with E-state index in [4.69, 9.17) is 20.3 Å². The molecule has 0 aliphatic rings. The van der Waals surface area contributed by atoms with E-state index in [0.717, 1.165) is 26.9 Å². The molecule has 0 saturated carbocycles. The van der Waals surface area contributed by atoms with Crippen molar-refractivity contribution >= 4 is 55.0 Å². The van der Waals surface area contributed by atoms with Crippen LogP contribution in [0.25, 0.3) is 20.4 Å². The van der Waals surface area contributed by atoms with E-state index >= 15 is 0 Å². The topological polar surface area (TPSA) is 110 Å². The lowest BCUT2D eigenvalue weighted by atomic mass is 10.2. The quantitative estimate of drug-likeness (QED) is 0.367. The van der Waals surface area contributed by atoms with Crippen LogP contribution in [-0.4, -0.2) is 34.3 Å². The van der Waals surface area contributed by atoms with Gasteiger partial charge in [0.05, 0.1) is 44.8 Å². The third-order valence-corrected chi connectivity index (χ3v) is 7.11. The van der Waals surface area contributed by atoms with E-state index in [1.807, 2.05) is 21.3 Å². The van der Waals surface area contributed by atoms with Crippen LogP contribution in [-0.2, 0) is 22.6 Å². The van der Waals surface area contributed by atoms with Crippen LogP contribution in [0.3, 0.4) is 0 Å². The molecule has 33 heavy (non-hydrogen) atoms. The third kappa shape index (κ3) is 4.62. The van der Waals surface area contributed by atoms with Gasteiger partial charge in [0, 0.05) is 13.1 Å². The number of aromatic nitrogens is 2. The van der Waals surface area contributed by atoms with Crippen LogP contribution in [0.15, 0.2) is 36.4 Å². The maximum atomic E-state index is 12.0. The summed E-state index contributed by atoms with van der Waals surface area (Å²) in [7, 11) is 0. The number of hydrogen-bond donors (Lipinski definition) is 2. The molecule has 2 heterocycles. The highest BCUT2D eigenvalue weighted by atomic mass is 32.1. The molecular weight excluding hydrogens is 460 g/mol. The first-order valence-corrected chi connectivity index (χ1v) is 12.3. The number of carbonyl (C=O) groups excluding carboxylic acids is 2. The Morgan fingerprint density at radius 1 is 0.788 bits per heavy atom. The zero-order chi connectivity index (χ0) is 23.5. The Kier molecular flexibility index (Phi) is 6.75. The summed E-state index contributed by atoms with van der Waals surface area (Å²) in [6.45, 7) is 5.41. The van der Waals surface area contributed by atoms with Gasteiger partial charge in [-0.25, -0.2) is 9.59 Å². The highest BCUT2D eigenvalue weighted by Gasteiger charge is 2.13. The van der Waals surface area contributed by atoms with Crippen molar-refractivity contribution in [1.29, 1.82) is 10.8 Å². The predicted molar refractivity (Wildman–Crippen MR) is 128 cm³/mol. The van der Waals surface area contributed by atoms with Crippen molar-refractivity contribution in [2.45, 2.75) is 33.4 Å². The lowest BCUT2D eigenvalue weighted by molar-refractivity contribution is 0.0517. The fourth-order valence-corrected chi connectivity index (χ4v) is 5.64. The maximum Gasteiger partial charge on any atom is 0.338 e. The Hall–Kier alpha value is -3.24. The molecule has 0 aliphatic heterocycles. The van der Waals surface area contributed by atoms with Crippen molar-refractivity contribution in [3.05, 3.63) is 57.1 Å². The average molecular weight is 485 g/mol. The van der Waals surface area contributed by atoms with Crippen molar-refractivity contribution in [2.24, 2.45) is 0 Å². The number of nitrogens with zero attached hydrogens (tertiary/aromatic N) is 2. The Labute approximate surface area is 197 Å². The van der Waals surface area contributed by atoms with E-state index in [9.17, 15) is 9.59 Å². The summed E-state index contributed by atoms with van der Waals surface area (Å²) < 4.78 is 15.7. The van der Waals surface area contributed by atoms with E-state index in [2.05, 4.69) is 0 Å². The Bertz CT molecular complexity index is 1350. The summed E-state index contributed by atoms with van der Waals surface area (Å²) in [5, 5.41) is 16.7. The Morgan fingerprint density at radius 2 is 1.21 bits per heavy atom. The molecule has 2 aromatic carbocycles. The minimum absolute atomic E-state index is 0.321. The van der Waals surface area contributed by atoms with Crippen LogP contribution in [0.1, 0.15) is 41.0 Å². The number of nitrogens with one attached hydrogen (secondary N) is 2. The third-order valence-electron chi connectivity index (χ3n) is 5.19. The molecule has 0 aliphatic carbocycles. The molecule has 0 bridgehead atoms. The number of fused-ring (bicyclic) bond motifs is 2. The Morgan fingerprint density at radius 3 is 1.61 bits per heavy atom. The highest BCUT2D eigenvalue weighted by molar-refractivity contribution is 7.16. The maximum absolute atomic E-state index is 12.0. The summed E-state index contributed by atoms with van der Waals surface area (Å²) in [4.78, 5) is 24.8. The number of esters is 2. The summed E-state index contributed by atoms with van der Waals surface area (Å²) in [5.74, 6) is -0.721. The molecule has 0 unspecified atom stereocenters. The predicted octanol–water partition coefficient (Wildman–Crippen LogP) is 4.12. The number of ether oxygens (including phenoxy) is 2. The van der Waals surface area contributed by atoms with Gasteiger partial charge in [-0.05, 0) is 56.7 Å². The molecule has 0 saturated heterocycles. The second kappa shape index (κ2) is 9.72. The smallest absolute Gasteiger partial charge is 0.338 e. The van der Waals surface area contributed by atoms with Crippen molar-refractivity contribution in [1.82, 2.24) is 9.13 Å². The molecule has 0 fully saturated rings. The SMILES string of the molecule is CCOC(=O)c1ccc2c(c1)sc(=N)n2CCCn1c(=N)sc2cc(C(=O)OCC)ccc21. The number of thiazole rings is 2. The van der Waals surface area contributed by atoms with E-state index in [-0.39, 0.29) is 11.9 Å². The fourth-order valence-electron chi connectivity index (χ4n) is 3.69.